The number of urea groups is 1. The largest absolute Gasteiger partial charge is 0.497 e. The highest BCUT2D eigenvalue weighted by Crippen LogP contribution is 2.32. The number of anilines is 1. The molecule has 0 aliphatic carbocycles. The Bertz CT molecular complexity index is 941. The Morgan fingerprint density at radius 3 is 2.30 bits per heavy atom. The van der Waals surface area contributed by atoms with Gasteiger partial charge in [0.1, 0.15) is 11.6 Å². The molecule has 2 aromatic rings. The average Bonchev–Trinajstić information content (AvgIpc) is 2.74. The van der Waals surface area contributed by atoms with Crippen molar-refractivity contribution < 1.29 is 31.9 Å². The van der Waals surface area contributed by atoms with E-state index in [-0.39, 0.29) is 32.1 Å². The van der Waals surface area contributed by atoms with Gasteiger partial charge in [0.25, 0.3) is 5.91 Å². The molecule has 1 saturated heterocycles. The Kier molecular flexibility index (Phi) is 6.14. The number of ether oxygens (including phenoxy) is 1. The molecule has 6 nitrogen and oxygen atoms in total. The number of piperazine rings is 1. The predicted molar refractivity (Wildman–Crippen MR) is 101 cm³/mol. The lowest BCUT2D eigenvalue weighted by atomic mass is 10.1. The van der Waals surface area contributed by atoms with Crippen molar-refractivity contribution in [3.05, 3.63) is 59.4 Å². The van der Waals surface area contributed by atoms with Crippen LogP contribution in [0.1, 0.15) is 15.9 Å². The molecule has 0 bridgehead atoms. The lowest BCUT2D eigenvalue weighted by Crippen LogP contribution is -2.51. The maximum Gasteiger partial charge on any atom is 0.416 e. The van der Waals surface area contributed by atoms with E-state index in [0.717, 1.165) is 0 Å². The number of nitrogens with zero attached hydrogens (tertiary/aromatic N) is 2. The minimum absolute atomic E-state index is 0.155. The van der Waals surface area contributed by atoms with Gasteiger partial charge in [-0.2, -0.15) is 13.2 Å². The third-order valence-corrected chi connectivity index (χ3v) is 4.71. The van der Waals surface area contributed by atoms with Crippen LogP contribution >= 0.6 is 0 Å². The SMILES string of the molecule is COc1cccc(C(=O)N2CCN(C(=O)Nc3cc(C(F)(F)F)ccc3F)CC2)c1. The van der Waals surface area contributed by atoms with E-state index in [1.54, 1.807) is 29.2 Å². The Morgan fingerprint density at radius 2 is 1.67 bits per heavy atom. The van der Waals surface area contributed by atoms with Crippen LogP contribution in [0.3, 0.4) is 0 Å². The van der Waals surface area contributed by atoms with E-state index in [2.05, 4.69) is 5.32 Å². The molecular formula is C20H19F4N3O3. The number of rotatable bonds is 3. The van der Waals surface area contributed by atoms with Crippen molar-refractivity contribution in [1.29, 1.82) is 0 Å². The molecule has 0 aromatic heterocycles. The fourth-order valence-corrected chi connectivity index (χ4v) is 3.04. The number of hydrogen-bond donors (Lipinski definition) is 1. The van der Waals surface area contributed by atoms with Gasteiger partial charge in [0.15, 0.2) is 0 Å². The van der Waals surface area contributed by atoms with Gasteiger partial charge >= 0.3 is 12.2 Å². The van der Waals surface area contributed by atoms with Crippen LogP contribution in [0.2, 0.25) is 0 Å². The molecule has 30 heavy (non-hydrogen) atoms. The summed E-state index contributed by atoms with van der Waals surface area (Å²) < 4.78 is 57.4. The van der Waals surface area contributed by atoms with Crippen LogP contribution in [0.5, 0.6) is 5.75 Å². The van der Waals surface area contributed by atoms with Crippen molar-refractivity contribution in [3.8, 4) is 5.75 Å². The lowest BCUT2D eigenvalue weighted by molar-refractivity contribution is -0.137. The van der Waals surface area contributed by atoms with Gasteiger partial charge in [-0.1, -0.05) is 6.07 Å². The van der Waals surface area contributed by atoms with Crippen molar-refractivity contribution in [1.82, 2.24) is 9.80 Å². The Labute approximate surface area is 170 Å². The standard InChI is InChI=1S/C20H19F4N3O3/c1-30-15-4-2-3-13(11-15)18(28)26-7-9-27(10-8-26)19(29)25-17-12-14(20(22,23)24)5-6-16(17)21/h2-6,11-12H,7-10H2,1H3,(H,25,29). The molecule has 3 amide bonds. The second kappa shape index (κ2) is 8.60. The summed E-state index contributed by atoms with van der Waals surface area (Å²) in [6.07, 6.45) is -4.65. The molecule has 0 unspecified atom stereocenters. The molecule has 160 valence electrons. The summed E-state index contributed by atoms with van der Waals surface area (Å²) >= 11 is 0. The average molecular weight is 425 g/mol. The molecule has 1 heterocycles. The van der Waals surface area contributed by atoms with Crippen LogP contribution in [-0.2, 0) is 6.18 Å². The molecule has 1 fully saturated rings. The summed E-state index contributed by atoms with van der Waals surface area (Å²) in [5, 5.41) is 2.18. The highest BCUT2D eigenvalue weighted by Gasteiger charge is 2.32. The summed E-state index contributed by atoms with van der Waals surface area (Å²) in [6, 6.07) is 7.75. The lowest BCUT2D eigenvalue weighted by Gasteiger charge is -2.34. The van der Waals surface area contributed by atoms with Gasteiger partial charge < -0.3 is 19.9 Å². The van der Waals surface area contributed by atoms with Gasteiger partial charge in [0.2, 0.25) is 0 Å². The number of hydrogen-bond acceptors (Lipinski definition) is 3. The fraction of sp³-hybridized carbons (Fsp3) is 0.300. The zero-order chi connectivity index (χ0) is 21.9. The second-order valence-corrected chi connectivity index (χ2v) is 6.63. The molecule has 2 aromatic carbocycles. The number of carbonyl (C=O) groups excluding carboxylic acids is 2. The first-order chi connectivity index (χ1) is 14.2. The Morgan fingerprint density at radius 1 is 1.00 bits per heavy atom. The molecule has 0 spiro atoms. The van der Waals surface area contributed by atoms with Crippen molar-refractivity contribution in [2.45, 2.75) is 6.18 Å². The zero-order valence-corrected chi connectivity index (χ0v) is 16.0. The third kappa shape index (κ3) is 4.81. The van der Waals surface area contributed by atoms with E-state index >= 15 is 0 Å². The third-order valence-electron chi connectivity index (χ3n) is 4.71. The minimum atomic E-state index is -4.65. The Hall–Kier alpha value is -3.30. The van der Waals surface area contributed by atoms with Crippen LogP contribution < -0.4 is 10.1 Å². The van der Waals surface area contributed by atoms with Gasteiger partial charge in [0, 0.05) is 31.7 Å². The monoisotopic (exact) mass is 425 g/mol. The van der Waals surface area contributed by atoms with E-state index in [4.69, 9.17) is 4.74 Å². The fourth-order valence-electron chi connectivity index (χ4n) is 3.04. The van der Waals surface area contributed by atoms with Crippen molar-refractivity contribution in [3.63, 3.8) is 0 Å². The van der Waals surface area contributed by atoms with Gasteiger partial charge in [-0.15, -0.1) is 0 Å². The van der Waals surface area contributed by atoms with Crippen molar-refractivity contribution >= 4 is 17.6 Å². The van der Waals surface area contributed by atoms with Gasteiger partial charge in [-0.25, -0.2) is 9.18 Å². The molecule has 0 radical (unpaired) electrons. The van der Waals surface area contributed by atoms with E-state index in [9.17, 15) is 27.2 Å². The van der Waals surface area contributed by atoms with Gasteiger partial charge in [-0.3, -0.25) is 4.79 Å². The first-order valence-electron chi connectivity index (χ1n) is 9.05. The first kappa shape index (κ1) is 21.4. The second-order valence-electron chi connectivity index (χ2n) is 6.63. The number of benzene rings is 2. The van der Waals surface area contributed by atoms with Crippen LogP contribution in [0.4, 0.5) is 28.0 Å². The maximum atomic E-state index is 13.8. The summed E-state index contributed by atoms with van der Waals surface area (Å²) in [5.41, 5.74) is -1.17. The highest BCUT2D eigenvalue weighted by molar-refractivity contribution is 5.95. The number of carbonyl (C=O) groups is 2. The van der Waals surface area contributed by atoms with Gasteiger partial charge in [0.05, 0.1) is 18.4 Å². The number of nitrogens with one attached hydrogen (secondary N) is 1. The number of amides is 3. The van der Waals surface area contributed by atoms with E-state index in [1.165, 1.54) is 12.0 Å². The quantitative estimate of drug-likeness (QED) is 0.761. The minimum Gasteiger partial charge on any atom is -0.497 e. The first-order valence-corrected chi connectivity index (χ1v) is 9.05. The normalized spacial score (nSPS) is 14.4. The highest BCUT2D eigenvalue weighted by atomic mass is 19.4. The van der Waals surface area contributed by atoms with Crippen LogP contribution in [0.15, 0.2) is 42.5 Å². The van der Waals surface area contributed by atoms with Crippen LogP contribution in [0, 0.1) is 5.82 Å². The number of methoxy groups -OCH3 is 1. The summed E-state index contributed by atoms with van der Waals surface area (Å²) in [4.78, 5) is 27.8. The molecule has 0 saturated carbocycles. The van der Waals surface area contributed by atoms with Crippen LogP contribution in [0.25, 0.3) is 0 Å². The van der Waals surface area contributed by atoms with Gasteiger partial charge in [-0.05, 0) is 36.4 Å². The molecule has 1 aliphatic heterocycles. The number of halogens is 4. The predicted octanol–water partition coefficient (Wildman–Crippen LogP) is 3.84. The smallest absolute Gasteiger partial charge is 0.416 e. The molecule has 1 N–H and O–H groups in total. The topological polar surface area (TPSA) is 61.9 Å². The van der Waals surface area contributed by atoms with Crippen LogP contribution in [-0.4, -0.2) is 55.0 Å². The molecule has 0 atom stereocenters. The Balaban J connectivity index is 1.61. The summed E-state index contributed by atoms with van der Waals surface area (Å²) in [6.45, 7) is 0.771. The molecule has 1 aliphatic rings. The van der Waals surface area contributed by atoms with Crippen molar-refractivity contribution in [2.24, 2.45) is 0 Å². The molecular weight excluding hydrogens is 406 g/mol. The zero-order valence-electron chi connectivity index (χ0n) is 16.0. The maximum absolute atomic E-state index is 13.8. The number of alkyl halides is 3. The van der Waals surface area contributed by atoms with E-state index < -0.39 is 29.3 Å². The summed E-state index contributed by atoms with van der Waals surface area (Å²) in [7, 11) is 1.49. The molecule has 3 rings (SSSR count). The van der Waals surface area contributed by atoms with E-state index in [0.29, 0.717) is 29.5 Å². The summed E-state index contributed by atoms with van der Waals surface area (Å²) in [5.74, 6) is -0.650. The van der Waals surface area contributed by atoms with Crippen molar-refractivity contribution in [2.75, 3.05) is 38.6 Å². The molecule has 10 heteroatoms. The van der Waals surface area contributed by atoms with E-state index in [1.807, 2.05) is 0 Å².